The lowest BCUT2D eigenvalue weighted by Crippen LogP contribution is -2.49. The molecule has 1 aromatic rings. The predicted octanol–water partition coefficient (Wildman–Crippen LogP) is 3.17. The van der Waals surface area contributed by atoms with E-state index in [1.54, 1.807) is 4.90 Å². The largest absolute Gasteiger partial charge is 0.490 e. The third-order valence-electron chi connectivity index (χ3n) is 5.12. The zero-order valence-electron chi connectivity index (χ0n) is 15.6. The van der Waals surface area contributed by atoms with Crippen LogP contribution in [0.3, 0.4) is 0 Å². The lowest BCUT2D eigenvalue weighted by molar-refractivity contribution is -0.120. The zero-order chi connectivity index (χ0) is 18.4. The van der Waals surface area contributed by atoms with Crippen molar-refractivity contribution < 1.29 is 14.3 Å². The molecular weight excluding hydrogens is 330 g/mol. The average Bonchev–Trinajstić information content (AvgIpc) is 2.64. The van der Waals surface area contributed by atoms with Gasteiger partial charge in [0.2, 0.25) is 5.91 Å². The lowest BCUT2D eigenvalue weighted by atomic mass is 10.1. The van der Waals surface area contributed by atoms with Gasteiger partial charge in [0.25, 0.3) is 0 Å². The monoisotopic (exact) mass is 359 g/mol. The number of anilines is 1. The number of urea groups is 1. The van der Waals surface area contributed by atoms with Crippen molar-refractivity contribution in [3.05, 3.63) is 24.3 Å². The van der Waals surface area contributed by atoms with Gasteiger partial charge in [0.15, 0.2) is 0 Å². The summed E-state index contributed by atoms with van der Waals surface area (Å²) in [5.41, 5.74) is 0.785. The molecule has 0 bridgehead atoms. The van der Waals surface area contributed by atoms with Crippen LogP contribution in [0.25, 0.3) is 0 Å². The van der Waals surface area contributed by atoms with Gasteiger partial charge in [-0.2, -0.15) is 0 Å². The van der Waals surface area contributed by atoms with Crippen LogP contribution in [0.2, 0.25) is 0 Å². The summed E-state index contributed by atoms with van der Waals surface area (Å²) < 4.78 is 6.12. The molecule has 0 aromatic heterocycles. The summed E-state index contributed by atoms with van der Waals surface area (Å²) in [4.78, 5) is 27.3. The number of nitrogens with zero attached hydrogens (tertiary/aromatic N) is 2. The molecule has 3 amide bonds. The first kappa shape index (κ1) is 18.7. The number of hydrogen-bond acceptors (Lipinski definition) is 4. The summed E-state index contributed by atoms with van der Waals surface area (Å²) in [5.74, 6) is 0.624. The van der Waals surface area contributed by atoms with Crippen molar-refractivity contribution in [1.82, 2.24) is 10.2 Å². The summed E-state index contributed by atoms with van der Waals surface area (Å²) >= 11 is 0. The number of piperidine rings is 1. The average molecular weight is 359 g/mol. The van der Waals surface area contributed by atoms with Crippen molar-refractivity contribution >= 4 is 17.6 Å². The lowest BCUT2D eigenvalue weighted by Gasteiger charge is -2.32. The summed E-state index contributed by atoms with van der Waals surface area (Å²) in [6, 6.07) is 7.22. The molecule has 2 saturated heterocycles. The number of nitrogens with one attached hydrogen (secondary N) is 1. The van der Waals surface area contributed by atoms with E-state index in [2.05, 4.69) is 17.1 Å². The third kappa shape index (κ3) is 4.97. The van der Waals surface area contributed by atoms with Crippen LogP contribution in [-0.4, -0.2) is 49.1 Å². The Morgan fingerprint density at radius 1 is 1.08 bits per heavy atom. The van der Waals surface area contributed by atoms with E-state index in [4.69, 9.17) is 4.74 Å². The van der Waals surface area contributed by atoms with Crippen molar-refractivity contribution in [1.29, 1.82) is 0 Å². The van der Waals surface area contributed by atoms with Crippen LogP contribution in [0.15, 0.2) is 24.3 Å². The number of likely N-dealkylation sites (tertiary alicyclic amines) is 1. The molecule has 0 radical (unpaired) electrons. The molecule has 3 rings (SSSR count). The van der Waals surface area contributed by atoms with E-state index in [1.807, 2.05) is 24.3 Å². The molecule has 1 N–H and O–H groups in total. The minimum Gasteiger partial charge on any atom is -0.490 e. The molecule has 1 aromatic carbocycles. The van der Waals surface area contributed by atoms with E-state index < -0.39 is 0 Å². The zero-order valence-corrected chi connectivity index (χ0v) is 15.6. The van der Waals surface area contributed by atoms with E-state index in [-0.39, 0.29) is 18.0 Å². The van der Waals surface area contributed by atoms with Gasteiger partial charge in [-0.15, -0.1) is 0 Å². The smallest absolute Gasteiger partial charge is 0.328 e. The normalized spacial score (nSPS) is 19.5. The van der Waals surface area contributed by atoms with Gasteiger partial charge in [0.1, 0.15) is 11.9 Å². The molecular formula is C20H29N3O3. The first-order chi connectivity index (χ1) is 12.7. The number of unbranched alkanes of at least 4 members (excludes halogenated alkanes) is 2. The Morgan fingerprint density at radius 3 is 2.46 bits per heavy atom. The SMILES string of the molecule is CCCCCN1CCC(Oc2ccc(N3CCC(=O)NC3=O)cc2)CC1. The van der Waals surface area contributed by atoms with Gasteiger partial charge in [-0.3, -0.25) is 15.0 Å². The van der Waals surface area contributed by atoms with E-state index in [0.717, 1.165) is 37.4 Å². The Morgan fingerprint density at radius 2 is 1.81 bits per heavy atom. The van der Waals surface area contributed by atoms with Crippen LogP contribution in [0.1, 0.15) is 45.4 Å². The van der Waals surface area contributed by atoms with Crippen LogP contribution in [-0.2, 0) is 4.79 Å². The molecule has 2 aliphatic heterocycles. The summed E-state index contributed by atoms with van der Waals surface area (Å²) in [6.07, 6.45) is 6.59. The first-order valence-electron chi connectivity index (χ1n) is 9.76. The van der Waals surface area contributed by atoms with Gasteiger partial charge < -0.3 is 9.64 Å². The van der Waals surface area contributed by atoms with Crippen molar-refractivity contribution in [2.75, 3.05) is 31.1 Å². The third-order valence-corrected chi connectivity index (χ3v) is 5.12. The van der Waals surface area contributed by atoms with Gasteiger partial charge in [0, 0.05) is 31.7 Å². The minimum atomic E-state index is -0.356. The summed E-state index contributed by atoms with van der Waals surface area (Å²) in [6.45, 7) is 6.07. The van der Waals surface area contributed by atoms with Crippen molar-refractivity contribution in [3.8, 4) is 5.75 Å². The van der Waals surface area contributed by atoms with E-state index in [1.165, 1.54) is 25.8 Å². The Bertz CT molecular complexity index is 609. The number of amides is 3. The van der Waals surface area contributed by atoms with Crippen molar-refractivity contribution in [2.24, 2.45) is 0 Å². The van der Waals surface area contributed by atoms with Crippen LogP contribution < -0.4 is 15.0 Å². The Hall–Kier alpha value is -2.08. The molecule has 2 fully saturated rings. The van der Waals surface area contributed by atoms with Crippen LogP contribution in [0, 0.1) is 0 Å². The first-order valence-corrected chi connectivity index (χ1v) is 9.76. The molecule has 0 atom stereocenters. The van der Waals surface area contributed by atoms with Gasteiger partial charge in [-0.05, 0) is 50.1 Å². The highest BCUT2D eigenvalue weighted by Crippen LogP contribution is 2.24. The molecule has 26 heavy (non-hydrogen) atoms. The molecule has 0 saturated carbocycles. The van der Waals surface area contributed by atoms with E-state index >= 15 is 0 Å². The molecule has 0 aliphatic carbocycles. The second-order valence-corrected chi connectivity index (χ2v) is 7.11. The maximum Gasteiger partial charge on any atom is 0.328 e. The number of carbonyl (C=O) groups is 2. The highest BCUT2D eigenvalue weighted by Gasteiger charge is 2.24. The number of ether oxygens (including phenoxy) is 1. The fourth-order valence-electron chi connectivity index (χ4n) is 3.54. The second-order valence-electron chi connectivity index (χ2n) is 7.11. The minimum absolute atomic E-state index is 0.216. The Labute approximate surface area is 155 Å². The second kappa shape index (κ2) is 9.03. The summed E-state index contributed by atoms with van der Waals surface area (Å²) in [7, 11) is 0. The standard InChI is InChI=1S/C20H29N3O3/c1-2-3-4-12-22-13-9-18(10-14-22)26-17-7-5-16(6-8-17)23-15-11-19(24)21-20(23)25/h5-8,18H,2-4,9-15H2,1H3,(H,21,24,25). The molecule has 6 heteroatoms. The maximum atomic E-state index is 11.9. The van der Waals surface area contributed by atoms with Crippen LogP contribution in [0.4, 0.5) is 10.5 Å². The molecule has 6 nitrogen and oxygen atoms in total. The highest BCUT2D eigenvalue weighted by molar-refractivity contribution is 6.05. The molecule has 0 spiro atoms. The van der Waals surface area contributed by atoms with Crippen LogP contribution in [0.5, 0.6) is 5.75 Å². The number of imide groups is 1. The van der Waals surface area contributed by atoms with Crippen LogP contribution >= 0.6 is 0 Å². The number of carbonyl (C=O) groups excluding carboxylic acids is 2. The van der Waals surface area contributed by atoms with Gasteiger partial charge in [-0.25, -0.2) is 4.79 Å². The fraction of sp³-hybridized carbons (Fsp3) is 0.600. The summed E-state index contributed by atoms with van der Waals surface area (Å²) in [5, 5.41) is 2.34. The van der Waals surface area contributed by atoms with Gasteiger partial charge in [-0.1, -0.05) is 19.8 Å². The molecule has 0 unspecified atom stereocenters. The number of benzene rings is 1. The quantitative estimate of drug-likeness (QED) is 0.760. The van der Waals surface area contributed by atoms with E-state index in [9.17, 15) is 9.59 Å². The van der Waals surface area contributed by atoms with Crippen molar-refractivity contribution in [3.63, 3.8) is 0 Å². The van der Waals surface area contributed by atoms with E-state index in [0.29, 0.717) is 13.0 Å². The molecule has 2 heterocycles. The van der Waals surface area contributed by atoms with Crippen molar-refractivity contribution in [2.45, 2.75) is 51.6 Å². The maximum absolute atomic E-state index is 11.9. The van der Waals surface area contributed by atoms with Gasteiger partial charge >= 0.3 is 6.03 Å². The molecule has 2 aliphatic rings. The Balaban J connectivity index is 1.46. The molecule has 142 valence electrons. The number of rotatable bonds is 7. The predicted molar refractivity (Wildman–Crippen MR) is 102 cm³/mol. The fourth-order valence-corrected chi connectivity index (χ4v) is 3.54. The van der Waals surface area contributed by atoms with Gasteiger partial charge in [0.05, 0.1) is 0 Å². The Kier molecular flexibility index (Phi) is 6.50. The highest BCUT2D eigenvalue weighted by atomic mass is 16.5. The topological polar surface area (TPSA) is 61.9 Å². The number of hydrogen-bond donors (Lipinski definition) is 1.